The topological polar surface area (TPSA) is 21.3 Å². The van der Waals surface area contributed by atoms with Crippen LogP contribution >= 0.6 is 0 Å². The Morgan fingerprint density at radius 1 is 1.33 bits per heavy atom. The molecule has 98 valence electrons. The summed E-state index contributed by atoms with van der Waals surface area (Å²) in [5.74, 6) is 0.907. The lowest BCUT2D eigenvalue weighted by Crippen LogP contribution is -2.36. The zero-order valence-corrected chi connectivity index (χ0v) is 11.2. The Balaban J connectivity index is 1.74. The van der Waals surface area contributed by atoms with E-state index >= 15 is 0 Å². The van der Waals surface area contributed by atoms with E-state index in [2.05, 4.69) is 31.0 Å². The van der Waals surface area contributed by atoms with Crippen molar-refractivity contribution in [2.24, 2.45) is 5.41 Å². The Hall–Kier alpha value is -1.28. The van der Waals surface area contributed by atoms with Crippen LogP contribution in [-0.2, 0) is 6.54 Å². The number of hydrogen-bond acceptors (Lipinski definition) is 2. The molecule has 0 spiro atoms. The first-order valence-corrected chi connectivity index (χ1v) is 6.75. The van der Waals surface area contributed by atoms with Crippen LogP contribution in [0.2, 0.25) is 0 Å². The van der Waals surface area contributed by atoms with Crippen LogP contribution in [0, 0.1) is 5.41 Å². The van der Waals surface area contributed by atoms with E-state index in [1.807, 2.05) is 12.1 Å². The van der Waals surface area contributed by atoms with E-state index in [0.717, 1.165) is 18.8 Å². The standard InChI is InChI=1S/C16H23NO/c1-3-11-18-15-7-5-14(6-8-15)12-17-13-16(2)9-4-10-16/h3,5-8,17H,1,4,9-13H2,2H3. The number of ether oxygens (including phenoxy) is 1. The molecule has 0 bridgehead atoms. The zero-order valence-electron chi connectivity index (χ0n) is 11.2. The highest BCUT2D eigenvalue weighted by atomic mass is 16.5. The maximum Gasteiger partial charge on any atom is 0.119 e. The van der Waals surface area contributed by atoms with Crippen molar-refractivity contribution in [3.63, 3.8) is 0 Å². The summed E-state index contributed by atoms with van der Waals surface area (Å²) in [4.78, 5) is 0. The largest absolute Gasteiger partial charge is 0.490 e. The SMILES string of the molecule is C=CCOc1ccc(CNCC2(C)CCC2)cc1. The predicted molar refractivity (Wildman–Crippen MR) is 75.8 cm³/mol. The normalized spacial score (nSPS) is 16.9. The van der Waals surface area contributed by atoms with Gasteiger partial charge in [-0.2, -0.15) is 0 Å². The Morgan fingerprint density at radius 2 is 2.06 bits per heavy atom. The lowest BCUT2D eigenvalue weighted by Gasteiger charge is -2.38. The Morgan fingerprint density at radius 3 is 2.61 bits per heavy atom. The fourth-order valence-corrected chi connectivity index (χ4v) is 2.32. The van der Waals surface area contributed by atoms with Crippen LogP contribution in [0.5, 0.6) is 5.75 Å². The van der Waals surface area contributed by atoms with Crippen molar-refractivity contribution in [1.82, 2.24) is 5.32 Å². The van der Waals surface area contributed by atoms with E-state index in [-0.39, 0.29) is 0 Å². The van der Waals surface area contributed by atoms with Gasteiger partial charge in [-0.1, -0.05) is 38.1 Å². The first-order valence-electron chi connectivity index (χ1n) is 6.75. The third-order valence-electron chi connectivity index (χ3n) is 3.73. The van der Waals surface area contributed by atoms with E-state index in [1.165, 1.54) is 24.8 Å². The maximum atomic E-state index is 5.46. The van der Waals surface area contributed by atoms with Gasteiger partial charge in [0.15, 0.2) is 0 Å². The molecule has 18 heavy (non-hydrogen) atoms. The highest BCUT2D eigenvalue weighted by Crippen LogP contribution is 2.39. The van der Waals surface area contributed by atoms with Crippen molar-refractivity contribution in [2.75, 3.05) is 13.2 Å². The van der Waals surface area contributed by atoms with E-state index in [4.69, 9.17) is 4.74 Å². The molecule has 0 atom stereocenters. The van der Waals surface area contributed by atoms with Crippen molar-refractivity contribution in [1.29, 1.82) is 0 Å². The molecule has 0 heterocycles. The Bertz CT molecular complexity index is 379. The lowest BCUT2D eigenvalue weighted by molar-refractivity contribution is 0.156. The van der Waals surface area contributed by atoms with Crippen LogP contribution in [0.25, 0.3) is 0 Å². The molecule has 0 aliphatic heterocycles. The minimum Gasteiger partial charge on any atom is -0.490 e. The molecule has 1 N–H and O–H groups in total. The van der Waals surface area contributed by atoms with Crippen LogP contribution in [-0.4, -0.2) is 13.2 Å². The summed E-state index contributed by atoms with van der Waals surface area (Å²) in [6.45, 7) is 8.64. The number of nitrogens with one attached hydrogen (secondary N) is 1. The second-order valence-electron chi connectivity index (χ2n) is 5.51. The minimum absolute atomic E-state index is 0.549. The smallest absolute Gasteiger partial charge is 0.119 e. The van der Waals surface area contributed by atoms with E-state index in [1.54, 1.807) is 6.08 Å². The second kappa shape index (κ2) is 6.05. The van der Waals surface area contributed by atoms with Gasteiger partial charge in [0.05, 0.1) is 0 Å². The summed E-state index contributed by atoms with van der Waals surface area (Å²) >= 11 is 0. The van der Waals surface area contributed by atoms with Gasteiger partial charge in [-0.05, 0) is 36.0 Å². The summed E-state index contributed by atoms with van der Waals surface area (Å²) in [7, 11) is 0. The molecule has 0 aromatic heterocycles. The molecule has 1 aliphatic rings. The first-order chi connectivity index (χ1) is 8.72. The number of rotatable bonds is 7. The minimum atomic E-state index is 0.549. The maximum absolute atomic E-state index is 5.46. The quantitative estimate of drug-likeness (QED) is 0.742. The van der Waals surface area contributed by atoms with E-state index in [0.29, 0.717) is 12.0 Å². The molecule has 0 unspecified atom stereocenters. The number of hydrogen-bond donors (Lipinski definition) is 1. The van der Waals surface area contributed by atoms with Crippen molar-refractivity contribution < 1.29 is 4.74 Å². The summed E-state index contributed by atoms with van der Waals surface area (Å²) in [6, 6.07) is 8.28. The van der Waals surface area contributed by atoms with Gasteiger partial charge in [0.1, 0.15) is 12.4 Å². The monoisotopic (exact) mass is 245 g/mol. The van der Waals surface area contributed by atoms with Crippen LogP contribution < -0.4 is 10.1 Å². The first kappa shape index (κ1) is 13.2. The van der Waals surface area contributed by atoms with Gasteiger partial charge in [-0.15, -0.1) is 0 Å². The highest BCUT2D eigenvalue weighted by molar-refractivity contribution is 5.27. The number of benzene rings is 1. The van der Waals surface area contributed by atoms with Crippen LogP contribution in [0.15, 0.2) is 36.9 Å². The molecule has 0 saturated heterocycles. The van der Waals surface area contributed by atoms with Crippen LogP contribution in [0.3, 0.4) is 0 Å². The summed E-state index contributed by atoms with van der Waals surface area (Å²) < 4.78 is 5.46. The zero-order chi connectivity index (χ0) is 12.8. The molecule has 1 aromatic rings. The third kappa shape index (κ3) is 3.61. The van der Waals surface area contributed by atoms with Gasteiger partial charge in [-0.25, -0.2) is 0 Å². The molecule has 1 saturated carbocycles. The molecular weight excluding hydrogens is 222 g/mol. The fraction of sp³-hybridized carbons (Fsp3) is 0.500. The Kier molecular flexibility index (Phi) is 4.43. The molecule has 0 radical (unpaired) electrons. The van der Waals surface area contributed by atoms with Gasteiger partial charge in [0.25, 0.3) is 0 Å². The molecule has 1 aromatic carbocycles. The van der Waals surface area contributed by atoms with Gasteiger partial charge < -0.3 is 10.1 Å². The van der Waals surface area contributed by atoms with Crippen LogP contribution in [0.4, 0.5) is 0 Å². The van der Waals surface area contributed by atoms with Crippen molar-refractivity contribution in [3.05, 3.63) is 42.5 Å². The molecule has 0 amide bonds. The summed E-state index contributed by atoms with van der Waals surface area (Å²) in [5.41, 5.74) is 1.86. The second-order valence-corrected chi connectivity index (χ2v) is 5.51. The third-order valence-corrected chi connectivity index (χ3v) is 3.73. The molecular formula is C16H23NO. The van der Waals surface area contributed by atoms with Crippen LogP contribution in [0.1, 0.15) is 31.7 Å². The van der Waals surface area contributed by atoms with Crippen molar-refractivity contribution in [3.8, 4) is 5.75 Å². The predicted octanol–water partition coefficient (Wildman–Crippen LogP) is 3.53. The van der Waals surface area contributed by atoms with Crippen molar-refractivity contribution >= 4 is 0 Å². The van der Waals surface area contributed by atoms with Gasteiger partial charge >= 0.3 is 0 Å². The average molecular weight is 245 g/mol. The van der Waals surface area contributed by atoms with Gasteiger partial charge in [-0.3, -0.25) is 0 Å². The Labute approximate surface area is 110 Å². The fourth-order valence-electron chi connectivity index (χ4n) is 2.32. The summed E-state index contributed by atoms with van der Waals surface area (Å²) in [6.07, 6.45) is 5.89. The van der Waals surface area contributed by atoms with E-state index < -0.39 is 0 Å². The molecule has 1 fully saturated rings. The summed E-state index contributed by atoms with van der Waals surface area (Å²) in [5, 5.41) is 3.55. The highest BCUT2D eigenvalue weighted by Gasteiger charge is 2.30. The molecule has 1 aliphatic carbocycles. The van der Waals surface area contributed by atoms with Gasteiger partial charge in [0.2, 0.25) is 0 Å². The molecule has 2 nitrogen and oxygen atoms in total. The van der Waals surface area contributed by atoms with E-state index in [9.17, 15) is 0 Å². The average Bonchev–Trinajstić information content (AvgIpc) is 2.36. The van der Waals surface area contributed by atoms with Gasteiger partial charge in [0, 0.05) is 13.1 Å². The lowest BCUT2D eigenvalue weighted by atomic mass is 9.70. The van der Waals surface area contributed by atoms with Crippen molar-refractivity contribution in [2.45, 2.75) is 32.7 Å². The molecule has 2 heteroatoms. The molecule has 2 rings (SSSR count).